The van der Waals surface area contributed by atoms with Crippen molar-refractivity contribution in [3.63, 3.8) is 0 Å². The molecule has 2 saturated heterocycles. The molecule has 2 aromatic carbocycles. The van der Waals surface area contributed by atoms with Crippen LogP contribution in [-0.4, -0.2) is 82.9 Å². The predicted octanol–water partition coefficient (Wildman–Crippen LogP) is 3.25. The molecular weight excluding hydrogens is 516 g/mol. The summed E-state index contributed by atoms with van der Waals surface area (Å²) in [6.07, 6.45) is 5.33. The number of hydrogen-bond acceptors (Lipinski definition) is 4. The zero-order chi connectivity index (χ0) is 28.0. The summed E-state index contributed by atoms with van der Waals surface area (Å²) in [5.74, 6) is -3.63. The Morgan fingerprint density at radius 3 is 2.33 bits per heavy atom. The Balaban J connectivity index is 1.14. The number of carbonyl (C=O) groups is 3. The van der Waals surface area contributed by atoms with E-state index in [0.717, 1.165) is 43.7 Å². The molecule has 0 unspecified atom stereocenters. The van der Waals surface area contributed by atoms with Crippen molar-refractivity contribution in [2.75, 3.05) is 39.3 Å². The molecule has 3 fully saturated rings. The Hall–Kier alpha value is -3.33. The van der Waals surface area contributed by atoms with Crippen LogP contribution in [0.2, 0.25) is 0 Å². The van der Waals surface area contributed by atoms with Crippen molar-refractivity contribution in [3.05, 3.63) is 70.3 Å². The SMILES string of the molecule is O=C(O)[C@H](Cc1ccc2c(c1)CCC2)N1CCN(C(=O)[C@@H]2CN(C(=O)C3CC3)C[C@H]2c2ccc(F)cc2F)CC1. The van der Waals surface area contributed by atoms with Crippen LogP contribution < -0.4 is 0 Å². The van der Waals surface area contributed by atoms with E-state index < -0.39 is 35.5 Å². The molecule has 6 rings (SSSR count). The lowest BCUT2D eigenvalue weighted by atomic mass is 9.87. The van der Waals surface area contributed by atoms with Gasteiger partial charge in [0.25, 0.3) is 0 Å². The van der Waals surface area contributed by atoms with Gasteiger partial charge >= 0.3 is 5.97 Å². The zero-order valence-electron chi connectivity index (χ0n) is 22.5. The number of benzene rings is 2. The van der Waals surface area contributed by atoms with Gasteiger partial charge in [-0.15, -0.1) is 0 Å². The molecule has 2 aliphatic heterocycles. The van der Waals surface area contributed by atoms with Gasteiger partial charge in [0.05, 0.1) is 5.92 Å². The van der Waals surface area contributed by atoms with Gasteiger partial charge in [-0.3, -0.25) is 19.3 Å². The lowest BCUT2D eigenvalue weighted by molar-refractivity contribution is -0.145. The number of fused-ring (bicyclic) bond motifs is 1. The molecule has 0 aromatic heterocycles. The topological polar surface area (TPSA) is 81.2 Å². The molecule has 40 heavy (non-hydrogen) atoms. The van der Waals surface area contributed by atoms with Crippen molar-refractivity contribution < 1.29 is 28.3 Å². The first-order valence-corrected chi connectivity index (χ1v) is 14.4. The lowest BCUT2D eigenvalue weighted by Crippen LogP contribution is -2.55. The second-order valence-electron chi connectivity index (χ2n) is 11.8. The predicted molar refractivity (Wildman–Crippen MR) is 144 cm³/mol. The number of likely N-dealkylation sites (tertiary alicyclic amines) is 1. The average molecular weight is 552 g/mol. The van der Waals surface area contributed by atoms with Crippen LogP contribution in [0.3, 0.4) is 0 Å². The normalized spacial score (nSPS) is 23.8. The molecule has 3 atom stereocenters. The van der Waals surface area contributed by atoms with E-state index in [9.17, 15) is 28.3 Å². The van der Waals surface area contributed by atoms with Gasteiger partial charge in [-0.05, 0) is 66.8 Å². The quantitative estimate of drug-likeness (QED) is 0.572. The van der Waals surface area contributed by atoms with Crippen LogP contribution in [0.5, 0.6) is 0 Å². The summed E-state index contributed by atoms with van der Waals surface area (Å²) in [6, 6.07) is 9.01. The molecule has 9 heteroatoms. The molecule has 1 N–H and O–H groups in total. The number of nitrogens with zero attached hydrogens (tertiary/aromatic N) is 3. The van der Waals surface area contributed by atoms with E-state index in [-0.39, 0.29) is 36.4 Å². The molecule has 2 aromatic rings. The molecule has 1 saturated carbocycles. The van der Waals surface area contributed by atoms with Crippen molar-refractivity contribution in [1.82, 2.24) is 14.7 Å². The van der Waals surface area contributed by atoms with Crippen LogP contribution in [0.15, 0.2) is 36.4 Å². The van der Waals surface area contributed by atoms with Crippen LogP contribution in [0.25, 0.3) is 0 Å². The first kappa shape index (κ1) is 26.9. The molecule has 2 amide bonds. The fraction of sp³-hybridized carbons (Fsp3) is 0.516. The smallest absolute Gasteiger partial charge is 0.321 e. The zero-order valence-corrected chi connectivity index (χ0v) is 22.5. The highest BCUT2D eigenvalue weighted by Gasteiger charge is 2.46. The van der Waals surface area contributed by atoms with Gasteiger partial charge in [-0.1, -0.05) is 24.3 Å². The van der Waals surface area contributed by atoms with Crippen molar-refractivity contribution in [1.29, 1.82) is 0 Å². The number of carbonyl (C=O) groups excluding carboxylic acids is 2. The number of halogens is 2. The summed E-state index contributed by atoms with van der Waals surface area (Å²) < 4.78 is 28.4. The maximum absolute atomic E-state index is 14.8. The maximum atomic E-state index is 14.8. The number of aliphatic carboxylic acids is 1. The minimum Gasteiger partial charge on any atom is -0.480 e. The van der Waals surface area contributed by atoms with E-state index in [0.29, 0.717) is 32.6 Å². The van der Waals surface area contributed by atoms with Crippen LogP contribution in [0, 0.1) is 23.5 Å². The van der Waals surface area contributed by atoms with E-state index in [1.807, 2.05) is 11.0 Å². The summed E-state index contributed by atoms with van der Waals surface area (Å²) in [5, 5.41) is 10.0. The summed E-state index contributed by atoms with van der Waals surface area (Å²) in [4.78, 5) is 44.2. The molecule has 0 radical (unpaired) electrons. The van der Waals surface area contributed by atoms with Gasteiger partial charge in [0.15, 0.2) is 0 Å². The summed E-state index contributed by atoms with van der Waals surface area (Å²) >= 11 is 0. The number of rotatable bonds is 7. The maximum Gasteiger partial charge on any atom is 0.321 e. The van der Waals surface area contributed by atoms with Crippen LogP contribution in [0.4, 0.5) is 8.78 Å². The highest BCUT2D eigenvalue weighted by molar-refractivity contribution is 5.85. The van der Waals surface area contributed by atoms with Gasteiger partial charge < -0.3 is 14.9 Å². The number of hydrogen-bond donors (Lipinski definition) is 1. The van der Waals surface area contributed by atoms with E-state index in [1.165, 1.54) is 23.3 Å². The van der Waals surface area contributed by atoms with Crippen molar-refractivity contribution in [3.8, 4) is 0 Å². The van der Waals surface area contributed by atoms with E-state index in [1.54, 1.807) is 9.80 Å². The second-order valence-corrected chi connectivity index (χ2v) is 11.8. The highest BCUT2D eigenvalue weighted by atomic mass is 19.1. The number of piperazine rings is 1. The third-order valence-electron chi connectivity index (χ3n) is 9.18. The first-order chi connectivity index (χ1) is 19.3. The monoisotopic (exact) mass is 551 g/mol. The second kappa shape index (κ2) is 10.9. The highest BCUT2D eigenvalue weighted by Crippen LogP contribution is 2.39. The molecule has 0 bridgehead atoms. The average Bonchev–Trinajstić information content (AvgIpc) is 3.53. The number of carboxylic acid groups (broad SMARTS) is 1. The Bertz CT molecular complexity index is 1320. The van der Waals surface area contributed by atoms with E-state index in [2.05, 4.69) is 12.1 Å². The van der Waals surface area contributed by atoms with Gasteiger partial charge in [0.1, 0.15) is 17.7 Å². The van der Waals surface area contributed by atoms with E-state index >= 15 is 0 Å². The van der Waals surface area contributed by atoms with Gasteiger partial charge in [0, 0.05) is 57.2 Å². The molecule has 4 aliphatic rings. The van der Waals surface area contributed by atoms with Crippen LogP contribution in [0.1, 0.15) is 47.4 Å². The third-order valence-corrected chi connectivity index (χ3v) is 9.18. The molecular formula is C31H35F2N3O4. The fourth-order valence-corrected chi connectivity index (χ4v) is 6.78. The minimum atomic E-state index is -0.878. The lowest BCUT2D eigenvalue weighted by Gasteiger charge is -2.39. The van der Waals surface area contributed by atoms with Crippen LogP contribution >= 0.6 is 0 Å². The molecule has 212 valence electrons. The van der Waals surface area contributed by atoms with Gasteiger partial charge in [-0.25, -0.2) is 8.78 Å². The minimum absolute atomic E-state index is 0.00324. The molecule has 2 aliphatic carbocycles. The fourth-order valence-electron chi connectivity index (χ4n) is 6.78. The Kier molecular flexibility index (Phi) is 7.33. The standard InChI is InChI=1S/C31H35F2N3O4/c32-23-8-9-24(27(33)16-23)25-17-36(29(37)21-6-7-21)18-26(25)30(38)35-12-10-34(11-13-35)28(31(39)40)15-19-4-5-20-2-1-3-22(20)14-19/h4-5,8-9,14,16,21,25-26,28H,1-3,6-7,10-13,15,17-18H2,(H,39,40)/t25-,26+,28-/m0/s1. The largest absolute Gasteiger partial charge is 0.480 e. The summed E-state index contributed by atoms with van der Waals surface area (Å²) in [7, 11) is 0. The van der Waals surface area contributed by atoms with Crippen molar-refractivity contribution >= 4 is 17.8 Å². The van der Waals surface area contributed by atoms with Gasteiger partial charge in [0.2, 0.25) is 11.8 Å². The Morgan fingerprint density at radius 1 is 0.875 bits per heavy atom. The van der Waals surface area contributed by atoms with Crippen molar-refractivity contribution in [2.45, 2.75) is 50.5 Å². The molecule has 7 nitrogen and oxygen atoms in total. The first-order valence-electron chi connectivity index (χ1n) is 14.4. The van der Waals surface area contributed by atoms with Gasteiger partial charge in [-0.2, -0.15) is 0 Å². The number of amides is 2. The van der Waals surface area contributed by atoms with E-state index in [4.69, 9.17) is 0 Å². The third kappa shape index (κ3) is 5.36. The Morgan fingerprint density at radius 2 is 1.62 bits per heavy atom. The Labute approximate surface area is 232 Å². The summed E-state index contributed by atoms with van der Waals surface area (Å²) in [5.41, 5.74) is 3.94. The van der Waals surface area contributed by atoms with Crippen molar-refractivity contribution in [2.24, 2.45) is 11.8 Å². The molecule has 2 heterocycles. The number of aryl methyl sites for hydroxylation is 2. The molecule has 0 spiro atoms. The van der Waals surface area contributed by atoms with Crippen LogP contribution in [-0.2, 0) is 33.6 Å². The summed E-state index contributed by atoms with van der Waals surface area (Å²) in [6.45, 7) is 2.00. The number of carboxylic acids is 1.